The van der Waals surface area contributed by atoms with Gasteiger partial charge in [-0.2, -0.15) is 0 Å². The highest BCUT2D eigenvalue weighted by atomic mass is 19.1. The Morgan fingerprint density at radius 3 is 2.78 bits per heavy atom. The standard InChI is InChI=1S/C27H31FN2O2/c1-16-26-24(23-10-9-22(29-2)13-19(23)14-25(26)27(31)32-16)11-8-21-7-6-18(15-30-21)17-4-3-5-20(28)12-17/h3-8,11-12,15-16,19,22-26,29H,9-10,13-14H2,1-2H3/b11-8+/t16-,19+,22-,23-,24+,25-,26+/m1/s1. The molecule has 5 heteroatoms. The van der Waals surface area contributed by atoms with Crippen molar-refractivity contribution in [3.63, 3.8) is 0 Å². The fourth-order valence-corrected chi connectivity index (χ4v) is 6.43. The first-order valence-electron chi connectivity index (χ1n) is 11.8. The Morgan fingerprint density at radius 2 is 2.03 bits per heavy atom. The van der Waals surface area contributed by atoms with Crippen molar-refractivity contribution in [2.45, 2.75) is 44.8 Å². The number of hydrogen-bond donors (Lipinski definition) is 1. The highest BCUT2D eigenvalue weighted by Crippen LogP contribution is 2.53. The van der Waals surface area contributed by atoms with E-state index in [1.165, 1.54) is 25.0 Å². The quantitative estimate of drug-likeness (QED) is 0.680. The van der Waals surface area contributed by atoms with Crippen molar-refractivity contribution in [1.29, 1.82) is 0 Å². The van der Waals surface area contributed by atoms with Crippen molar-refractivity contribution >= 4 is 12.0 Å². The molecular formula is C27H31FN2O2. The average molecular weight is 435 g/mol. The molecule has 1 saturated heterocycles. The number of halogens is 1. The topological polar surface area (TPSA) is 51.2 Å². The SMILES string of the molecule is CN[C@@H]1CC[C@@H]2[C@@H](C1)C[C@H]1C(=O)O[C@H](C)[C@H]1[C@H]2/C=C/c1ccc(-c2cccc(F)c2)cn1. The summed E-state index contributed by atoms with van der Waals surface area (Å²) in [4.78, 5) is 17.2. The van der Waals surface area contributed by atoms with Crippen LogP contribution in [0.1, 0.15) is 38.3 Å². The van der Waals surface area contributed by atoms with E-state index in [9.17, 15) is 9.18 Å². The predicted octanol–water partition coefficient (Wildman–Crippen LogP) is 5.10. The average Bonchev–Trinajstić information content (AvgIpc) is 3.09. The molecule has 1 aliphatic heterocycles. The molecule has 1 N–H and O–H groups in total. The summed E-state index contributed by atoms with van der Waals surface area (Å²) >= 11 is 0. The number of benzene rings is 1. The van der Waals surface area contributed by atoms with Gasteiger partial charge in [0.25, 0.3) is 0 Å². The lowest BCUT2D eigenvalue weighted by Crippen LogP contribution is -2.46. The largest absolute Gasteiger partial charge is 0.462 e. The van der Waals surface area contributed by atoms with Crippen molar-refractivity contribution in [2.24, 2.45) is 29.6 Å². The number of hydrogen-bond acceptors (Lipinski definition) is 4. The van der Waals surface area contributed by atoms with E-state index in [2.05, 4.69) is 29.4 Å². The number of fused-ring (bicyclic) bond motifs is 2. The normalized spacial score (nSPS) is 34.2. The number of rotatable bonds is 4. The molecule has 32 heavy (non-hydrogen) atoms. The van der Waals surface area contributed by atoms with Crippen LogP contribution in [0.2, 0.25) is 0 Å². The van der Waals surface area contributed by atoms with Crippen LogP contribution in [0.3, 0.4) is 0 Å². The van der Waals surface area contributed by atoms with E-state index in [1.807, 2.05) is 25.2 Å². The third-order valence-electron chi connectivity index (χ3n) is 7.99. The van der Waals surface area contributed by atoms with Crippen LogP contribution in [0.25, 0.3) is 17.2 Å². The van der Waals surface area contributed by atoms with Crippen LogP contribution in [-0.2, 0) is 9.53 Å². The van der Waals surface area contributed by atoms with E-state index in [4.69, 9.17) is 4.74 Å². The van der Waals surface area contributed by atoms with Gasteiger partial charge < -0.3 is 10.1 Å². The number of ether oxygens (including phenoxy) is 1. The van der Waals surface area contributed by atoms with Gasteiger partial charge in [0.1, 0.15) is 11.9 Å². The van der Waals surface area contributed by atoms with Gasteiger partial charge >= 0.3 is 5.97 Å². The molecule has 0 radical (unpaired) electrons. The number of esters is 1. The summed E-state index contributed by atoms with van der Waals surface area (Å²) in [5.74, 6) is 1.46. The zero-order chi connectivity index (χ0) is 22.2. The molecule has 0 bridgehead atoms. The molecule has 2 heterocycles. The highest BCUT2D eigenvalue weighted by Gasteiger charge is 2.54. The van der Waals surface area contributed by atoms with Crippen molar-refractivity contribution in [3.8, 4) is 11.1 Å². The minimum absolute atomic E-state index is 0.0106. The predicted molar refractivity (Wildman–Crippen MR) is 123 cm³/mol. The van der Waals surface area contributed by atoms with E-state index in [0.29, 0.717) is 23.8 Å². The van der Waals surface area contributed by atoms with E-state index in [1.54, 1.807) is 12.3 Å². The third kappa shape index (κ3) is 3.99. The summed E-state index contributed by atoms with van der Waals surface area (Å²) in [6.45, 7) is 2.05. The number of allylic oxidation sites excluding steroid dienone is 1. The smallest absolute Gasteiger partial charge is 0.309 e. The van der Waals surface area contributed by atoms with Gasteiger partial charge in [0.15, 0.2) is 0 Å². The van der Waals surface area contributed by atoms with Gasteiger partial charge in [-0.3, -0.25) is 9.78 Å². The number of carbonyl (C=O) groups is 1. The molecule has 1 aromatic carbocycles. The Balaban J connectivity index is 1.38. The zero-order valence-corrected chi connectivity index (χ0v) is 18.7. The molecule has 168 valence electrons. The fraction of sp³-hybridized carbons (Fsp3) is 0.481. The maximum absolute atomic E-state index is 13.5. The van der Waals surface area contributed by atoms with Gasteiger partial charge in [-0.05, 0) is 87.2 Å². The molecule has 1 aromatic heterocycles. The molecule has 0 unspecified atom stereocenters. The Hall–Kier alpha value is -2.53. The fourth-order valence-electron chi connectivity index (χ4n) is 6.43. The number of carbonyl (C=O) groups excluding carboxylic acids is 1. The van der Waals surface area contributed by atoms with E-state index >= 15 is 0 Å². The van der Waals surface area contributed by atoms with Crippen LogP contribution in [0.4, 0.5) is 4.39 Å². The van der Waals surface area contributed by atoms with Gasteiger partial charge in [-0.15, -0.1) is 0 Å². The lowest BCUT2D eigenvalue weighted by molar-refractivity contribution is -0.144. The van der Waals surface area contributed by atoms with Crippen LogP contribution in [0, 0.1) is 35.4 Å². The molecule has 4 nitrogen and oxygen atoms in total. The summed E-state index contributed by atoms with van der Waals surface area (Å²) in [5.41, 5.74) is 2.60. The number of aromatic nitrogens is 1. The molecule has 5 rings (SSSR count). The van der Waals surface area contributed by atoms with Gasteiger partial charge in [-0.25, -0.2) is 4.39 Å². The molecule has 0 spiro atoms. The molecule has 3 aliphatic rings. The van der Waals surface area contributed by atoms with Gasteiger partial charge in [0, 0.05) is 23.7 Å². The Labute approximate surface area is 189 Å². The number of nitrogens with one attached hydrogen (secondary N) is 1. The Kier molecular flexibility index (Phi) is 5.85. The lowest BCUT2D eigenvalue weighted by Gasteiger charge is -2.47. The third-order valence-corrected chi connectivity index (χ3v) is 7.99. The van der Waals surface area contributed by atoms with Gasteiger partial charge in [-0.1, -0.05) is 24.3 Å². The molecule has 2 aromatic rings. The minimum atomic E-state index is -0.247. The summed E-state index contributed by atoms with van der Waals surface area (Å²) in [6.07, 6.45) is 10.6. The van der Waals surface area contributed by atoms with Crippen LogP contribution in [0.15, 0.2) is 48.7 Å². The second-order valence-electron chi connectivity index (χ2n) is 9.70. The zero-order valence-electron chi connectivity index (χ0n) is 18.7. The summed E-state index contributed by atoms with van der Waals surface area (Å²) in [7, 11) is 2.04. The first kappa shape index (κ1) is 21.3. The van der Waals surface area contributed by atoms with E-state index < -0.39 is 0 Å². The minimum Gasteiger partial charge on any atom is -0.462 e. The number of nitrogens with zero attached hydrogens (tertiary/aromatic N) is 1. The highest BCUT2D eigenvalue weighted by molar-refractivity contribution is 5.75. The molecule has 2 aliphatic carbocycles. The second kappa shape index (κ2) is 8.78. The van der Waals surface area contributed by atoms with Crippen molar-refractivity contribution in [1.82, 2.24) is 10.3 Å². The van der Waals surface area contributed by atoms with Crippen molar-refractivity contribution < 1.29 is 13.9 Å². The van der Waals surface area contributed by atoms with Crippen LogP contribution >= 0.6 is 0 Å². The summed E-state index contributed by atoms with van der Waals surface area (Å²) < 4.78 is 19.2. The van der Waals surface area contributed by atoms with Crippen molar-refractivity contribution in [3.05, 3.63) is 60.2 Å². The Bertz CT molecular complexity index is 1000. The number of pyridine rings is 1. The monoisotopic (exact) mass is 434 g/mol. The molecule has 2 saturated carbocycles. The lowest BCUT2D eigenvalue weighted by atomic mass is 9.57. The van der Waals surface area contributed by atoms with Gasteiger partial charge in [0.2, 0.25) is 0 Å². The van der Waals surface area contributed by atoms with E-state index in [-0.39, 0.29) is 29.7 Å². The van der Waals surface area contributed by atoms with Crippen LogP contribution < -0.4 is 5.32 Å². The first-order chi connectivity index (χ1) is 15.5. The van der Waals surface area contributed by atoms with Gasteiger partial charge in [0.05, 0.1) is 11.6 Å². The van der Waals surface area contributed by atoms with Crippen LogP contribution in [-0.4, -0.2) is 30.1 Å². The Morgan fingerprint density at radius 1 is 1.16 bits per heavy atom. The summed E-state index contributed by atoms with van der Waals surface area (Å²) in [5, 5.41) is 3.44. The summed E-state index contributed by atoms with van der Waals surface area (Å²) in [6, 6.07) is 11.1. The van der Waals surface area contributed by atoms with E-state index in [0.717, 1.165) is 29.7 Å². The maximum Gasteiger partial charge on any atom is 0.309 e. The molecule has 7 atom stereocenters. The molecule has 0 amide bonds. The first-order valence-corrected chi connectivity index (χ1v) is 11.8. The molecular weight excluding hydrogens is 403 g/mol. The molecule has 3 fully saturated rings. The van der Waals surface area contributed by atoms with Crippen LogP contribution in [0.5, 0.6) is 0 Å². The second-order valence-corrected chi connectivity index (χ2v) is 9.70. The maximum atomic E-state index is 13.5. The number of cyclic esters (lactones) is 1. The van der Waals surface area contributed by atoms with Crippen molar-refractivity contribution in [2.75, 3.05) is 7.05 Å².